The van der Waals surface area contributed by atoms with Gasteiger partial charge >= 0.3 is 11.7 Å². The molecule has 1 atom stereocenters. The van der Waals surface area contributed by atoms with Crippen LogP contribution in [0.15, 0.2) is 96.2 Å². The minimum Gasteiger partial charge on any atom is -0.508 e. The summed E-state index contributed by atoms with van der Waals surface area (Å²) in [6.45, 7) is 7.87. The number of rotatable bonds is 16. The van der Waals surface area contributed by atoms with Gasteiger partial charge in [-0.05, 0) is 98.3 Å². The second-order valence-corrected chi connectivity index (χ2v) is 17.6. The Kier molecular flexibility index (Phi) is 12.5. The SMILES string of the molecule is CC(C)Nc1cc(-c2c[nH]c(C(=O)N[C@H](COC(=O)C3(NC(=O)CCn4ccc5cc(-n6c(-c7cc(C(C)C)c(O)cc7O)n[nH]c6=O)ccc54)CC3)c3cccc(Cl)c3)c2)c(Cl)cn1. The molecule has 0 radical (unpaired) electrons. The highest BCUT2D eigenvalue weighted by Crippen LogP contribution is 2.39. The first-order chi connectivity index (χ1) is 31.1. The molecule has 1 fully saturated rings. The third kappa shape index (κ3) is 9.59. The van der Waals surface area contributed by atoms with Crippen molar-refractivity contribution in [2.75, 3.05) is 11.9 Å². The minimum absolute atomic E-state index is 0.0530. The number of hydrogen-bond acceptors (Lipinski definition) is 10. The van der Waals surface area contributed by atoms with Gasteiger partial charge in [0.25, 0.3) is 5.91 Å². The van der Waals surface area contributed by atoms with Gasteiger partial charge in [0.05, 0.1) is 22.3 Å². The zero-order valence-electron chi connectivity index (χ0n) is 35.9. The molecule has 3 aromatic carbocycles. The first-order valence-electron chi connectivity index (χ1n) is 21.1. The lowest BCUT2D eigenvalue weighted by atomic mass is 9.98. The normalized spacial score (nSPS) is 13.5. The number of aromatic nitrogens is 6. The van der Waals surface area contributed by atoms with Gasteiger partial charge in [0.1, 0.15) is 35.2 Å². The molecular formula is C47H47Cl2N9O7. The summed E-state index contributed by atoms with van der Waals surface area (Å²) in [6, 6.07) is 19.8. The highest BCUT2D eigenvalue weighted by Gasteiger charge is 2.52. The Morgan fingerprint density at radius 2 is 1.75 bits per heavy atom. The Hall–Kier alpha value is -7.04. The molecule has 4 heterocycles. The summed E-state index contributed by atoms with van der Waals surface area (Å²) in [5.41, 5.74) is 2.69. The van der Waals surface area contributed by atoms with Gasteiger partial charge in [0.15, 0.2) is 5.82 Å². The van der Waals surface area contributed by atoms with Crippen LogP contribution in [0.3, 0.4) is 0 Å². The topological polar surface area (TPSA) is 221 Å². The lowest BCUT2D eigenvalue weighted by molar-refractivity contribution is -0.150. The Morgan fingerprint density at radius 1 is 0.954 bits per heavy atom. The molecular weight excluding hydrogens is 873 g/mol. The van der Waals surface area contributed by atoms with Crippen LogP contribution in [0.5, 0.6) is 11.5 Å². The molecule has 7 N–H and O–H groups in total. The predicted octanol–water partition coefficient (Wildman–Crippen LogP) is 7.99. The van der Waals surface area contributed by atoms with Gasteiger partial charge in [-0.3, -0.25) is 9.59 Å². The maximum absolute atomic E-state index is 13.6. The first-order valence-corrected chi connectivity index (χ1v) is 21.8. The van der Waals surface area contributed by atoms with Crippen LogP contribution in [0.1, 0.15) is 80.5 Å². The number of ether oxygens (including phenoxy) is 1. The number of H-pyrrole nitrogens is 2. The van der Waals surface area contributed by atoms with Crippen molar-refractivity contribution in [2.24, 2.45) is 0 Å². The number of hydrogen-bond donors (Lipinski definition) is 7. The smallest absolute Gasteiger partial charge is 0.348 e. The summed E-state index contributed by atoms with van der Waals surface area (Å²) >= 11 is 12.8. The molecule has 8 rings (SSSR count). The fourth-order valence-corrected chi connectivity index (χ4v) is 8.14. The van der Waals surface area contributed by atoms with Gasteiger partial charge in [-0.15, -0.1) is 0 Å². The van der Waals surface area contributed by atoms with Crippen molar-refractivity contribution in [2.45, 2.75) is 77.0 Å². The molecule has 7 aromatic rings. The number of aryl methyl sites for hydroxylation is 1. The maximum atomic E-state index is 13.6. The molecule has 0 unspecified atom stereocenters. The number of nitrogens with zero attached hydrogens (tertiary/aromatic N) is 4. The Labute approximate surface area is 383 Å². The van der Waals surface area contributed by atoms with E-state index in [1.54, 1.807) is 60.9 Å². The summed E-state index contributed by atoms with van der Waals surface area (Å²) in [4.78, 5) is 61.0. The number of phenols is 2. The molecule has 0 bridgehead atoms. The van der Waals surface area contributed by atoms with Crippen molar-refractivity contribution >= 4 is 57.7 Å². The Balaban J connectivity index is 0.906. The van der Waals surface area contributed by atoms with E-state index in [1.165, 1.54) is 10.6 Å². The van der Waals surface area contributed by atoms with Gasteiger partial charge in [0.2, 0.25) is 5.91 Å². The molecule has 0 spiro atoms. The third-order valence-electron chi connectivity index (χ3n) is 11.3. The number of nitrogens with one attached hydrogen (secondary N) is 5. The van der Waals surface area contributed by atoms with Crippen LogP contribution in [-0.2, 0) is 20.9 Å². The van der Waals surface area contributed by atoms with Gasteiger partial charge in [-0.1, -0.05) is 49.2 Å². The molecule has 1 aliphatic carbocycles. The van der Waals surface area contributed by atoms with Crippen LogP contribution in [0.25, 0.3) is 39.1 Å². The number of anilines is 1. The summed E-state index contributed by atoms with van der Waals surface area (Å²) in [6.07, 6.45) is 5.91. The van der Waals surface area contributed by atoms with Crippen LogP contribution in [0.2, 0.25) is 10.0 Å². The van der Waals surface area contributed by atoms with Crippen molar-refractivity contribution < 1.29 is 29.3 Å². The van der Waals surface area contributed by atoms with Gasteiger partial charge in [-0.25, -0.2) is 24.2 Å². The van der Waals surface area contributed by atoms with Crippen LogP contribution >= 0.6 is 23.2 Å². The summed E-state index contributed by atoms with van der Waals surface area (Å²) < 4.78 is 9.05. The molecule has 0 saturated heterocycles. The third-order valence-corrected chi connectivity index (χ3v) is 11.8. The molecule has 1 saturated carbocycles. The Bertz CT molecular complexity index is 3000. The quantitative estimate of drug-likeness (QED) is 0.0463. The average Bonchev–Trinajstić information content (AvgIpc) is 3.53. The second-order valence-electron chi connectivity index (χ2n) is 16.7. The number of aromatic amines is 2. The van der Waals surface area contributed by atoms with Crippen molar-refractivity contribution in [3.63, 3.8) is 0 Å². The molecule has 18 heteroatoms. The van der Waals surface area contributed by atoms with Gasteiger partial charge in [0, 0.05) is 70.7 Å². The predicted molar refractivity (Wildman–Crippen MR) is 248 cm³/mol. The molecule has 1 aliphatic rings. The van der Waals surface area contributed by atoms with E-state index in [0.717, 1.165) is 10.9 Å². The van der Waals surface area contributed by atoms with E-state index in [0.29, 0.717) is 63.2 Å². The maximum Gasteiger partial charge on any atom is 0.348 e. The summed E-state index contributed by atoms with van der Waals surface area (Å²) in [7, 11) is 0. The zero-order valence-corrected chi connectivity index (χ0v) is 37.4. The van der Waals surface area contributed by atoms with Crippen LogP contribution < -0.4 is 21.6 Å². The first kappa shape index (κ1) is 44.6. The summed E-state index contributed by atoms with van der Waals surface area (Å²) in [5, 5.41) is 38.5. The van der Waals surface area contributed by atoms with Crippen LogP contribution in [0, 0.1) is 0 Å². The van der Waals surface area contributed by atoms with E-state index in [-0.39, 0.29) is 59.5 Å². The largest absolute Gasteiger partial charge is 0.508 e. The lowest BCUT2D eigenvalue weighted by Gasteiger charge is -2.22. The molecule has 16 nitrogen and oxygen atoms in total. The standard InChI is InChI=1S/C47H47Cl2N9O7/c1-25(2)32-19-34(40(60)21-39(32)59)43-55-56-46(64)58(43)31-8-9-38-28(17-31)10-14-57(38)15-11-42(61)54-47(12-13-47)45(63)65-24-37(27-6-5-7-30(48)16-27)53-44(62)36-18-29(22-50-36)33-20-41(52-26(3)4)51-23-35(33)49/h5-10,14,16-23,25-26,37,50,59-60H,11-13,15,24H2,1-4H3,(H,51,52)(H,53,62)(H,54,61)(H,56,64)/t37-/m1/s1. The molecule has 2 amide bonds. The second kappa shape index (κ2) is 18.2. The summed E-state index contributed by atoms with van der Waals surface area (Å²) in [5.74, 6) is -0.927. The van der Waals surface area contributed by atoms with E-state index in [9.17, 15) is 29.4 Å². The van der Waals surface area contributed by atoms with E-state index >= 15 is 0 Å². The molecule has 336 valence electrons. The van der Waals surface area contributed by atoms with Crippen molar-refractivity contribution in [3.05, 3.63) is 129 Å². The van der Waals surface area contributed by atoms with Gasteiger partial charge < -0.3 is 40.5 Å². The number of phenolic OH excluding ortho intramolecular Hbond substituents is 2. The van der Waals surface area contributed by atoms with Crippen molar-refractivity contribution in [3.8, 4) is 39.7 Å². The lowest BCUT2D eigenvalue weighted by Crippen LogP contribution is -2.45. The fourth-order valence-electron chi connectivity index (χ4n) is 7.72. The number of halogens is 2. The number of esters is 1. The Morgan fingerprint density at radius 3 is 2.49 bits per heavy atom. The monoisotopic (exact) mass is 919 g/mol. The molecule has 0 aliphatic heterocycles. The average molecular weight is 921 g/mol. The van der Waals surface area contributed by atoms with E-state index in [1.807, 2.05) is 56.7 Å². The number of carbonyl (C=O) groups is 3. The minimum atomic E-state index is -1.19. The van der Waals surface area contributed by atoms with Crippen LogP contribution in [-0.4, -0.2) is 75.5 Å². The highest BCUT2D eigenvalue weighted by atomic mass is 35.5. The van der Waals surface area contributed by atoms with Crippen LogP contribution in [0.4, 0.5) is 5.82 Å². The van der Waals surface area contributed by atoms with E-state index in [4.69, 9.17) is 27.9 Å². The number of carbonyl (C=O) groups excluding carboxylic acids is 3. The zero-order chi connectivity index (χ0) is 46.2. The van der Waals surface area contributed by atoms with E-state index in [2.05, 4.69) is 36.1 Å². The number of pyridine rings is 1. The fraction of sp³-hybridized carbons (Fsp3) is 0.277. The highest BCUT2D eigenvalue weighted by molar-refractivity contribution is 6.33. The van der Waals surface area contributed by atoms with E-state index < -0.39 is 29.1 Å². The van der Waals surface area contributed by atoms with Gasteiger partial charge in [-0.2, -0.15) is 5.10 Å². The van der Waals surface area contributed by atoms with Crippen molar-refractivity contribution in [1.82, 2.24) is 39.9 Å². The molecule has 65 heavy (non-hydrogen) atoms. The number of fused-ring (bicyclic) bond motifs is 1. The molecule has 4 aromatic heterocycles. The number of benzene rings is 3. The number of aromatic hydroxyl groups is 2. The number of amides is 2. The van der Waals surface area contributed by atoms with Crippen molar-refractivity contribution in [1.29, 1.82) is 0 Å².